The number of carbonyl (C=O) groups is 1. The number of aryl methyl sites for hydroxylation is 2. The maximum Gasteiger partial charge on any atom is 0.280 e. The van der Waals surface area contributed by atoms with Crippen molar-refractivity contribution in [2.75, 3.05) is 19.6 Å². The number of carbonyl (C=O) groups excluding carboxylic acids is 1. The number of fused-ring (bicyclic) bond motifs is 1. The number of aromatic nitrogens is 2. The Kier molecular flexibility index (Phi) is 9.75. The lowest BCUT2D eigenvalue weighted by atomic mass is 10.0. The molecular formula is C34H33ClF2N4O2S2. The first-order chi connectivity index (χ1) is 21.8. The van der Waals surface area contributed by atoms with E-state index < -0.39 is 17.2 Å². The monoisotopic (exact) mass is 666 g/mol. The van der Waals surface area contributed by atoms with Gasteiger partial charge in [0.1, 0.15) is 12.4 Å². The van der Waals surface area contributed by atoms with Crippen LogP contribution in [0.2, 0.25) is 4.34 Å². The molecule has 2 aromatic carbocycles. The zero-order valence-electron chi connectivity index (χ0n) is 24.8. The summed E-state index contributed by atoms with van der Waals surface area (Å²) in [6, 6.07) is 19.3. The summed E-state index contributed by atoms with van der Waals surface area (Å²) in [5.74, 6) is -1.54. The van der Waals surface area contributed by atoms with Gasteiger partial charge in [-0.05, 0) is 73.8 Å². The van der Waals surface area contributed by atoms with E-state index in [0.29, 0.717) is 23.3 Å². The number of para-hydroxylation sites is 1. The molecule has 1 fully saturated rings. The van der Waals surface area contributed by atoms with Crippen molar-refractivity contribution >= 4 is 51.1 Å². The summed E-state index contributed by atoms with van der Waals surface area (Å²) in [4.78, 5) is 39.4. The highest BCUT2D eigenvalue weighted by molar-refractivity contribution is 7.24. The SMILES string of the molecule is CCN1CCC(N(Cc2ccc(-c3ccc(Cl)s3)s2)C(=O)Cn2c(CCc3cccc(F)c3F)nc(=O)c3ccccc32)CC1. The molecular weight excluding hydrogens is 634 g/mol. The Morgan fingerprint density at radius 1 is 0.978 bits per heavy atom. The van der Waals surface area contributed by atoms with E-state index in [-0.39, 0.29) is 36.9 Å². The van der Waals surface area contributed by atoms with E-state index in [9.17, 15) is 18.4 Å². The molecule has 5 aromatic rings. The molecule has 0 radical (unpaired) electrons. The first kappa shape index (κ1) is 31.5. The van der Waals surface area contributed by atoms with E-state index in [0.717, 1.165) is 57.5 Å². The van der Waals surface area contributed by atoms with Crippen LogP contribution in [-0.4, -0.2) is 50.9 Å². The topological polar surface area (TPSA) is 58.4 Å². The summed E-state index contributed by atoms with van der Waals surface area (Å²) in [5.41, 5.74) is 0.377. The summed E-state index contributed by atoms with van der Waals surface area (Å²) in [6.45, 7) is 5.40. The van der Waals surface area contributed by atoms with Crippen LogP contribution in [0.5, 0.6) is 0 Å². The van der Waals surface area contributed by atoms with Crippen molar-refractivity contribution in [1.82, 2.24) is 19.4 Å². The van der Waals surface area contributed by atoms with Crippen molar-refractivity contribution in [2.24, 2.45) is 0 Å². The van der Waals surface area contributed by atoms with Crippen LogP contribution in [0.1, 0.15) is 36.0 Å². The van der Waals surface area contributed by atoms with Crippen LogP contribution in [0.25, 0.3) is 20.7 Å². The van der Waals surface area contributed by atoms with Gasteiger partial charge in [0.2, 0.25) is 5.91 Å². The highest BCUT2D eigenvalue weighted by atomic mass is 35.5. The number of likely N-dealkylation sites (tertiary alicyclic amines) is 1. The fraction of sp³-hybridized carbons (Fsp3) is 0.324. The van der Waals surface area contributed by atoms with Gasteiger partial charge in [-0.1, -0.05) is 42.8 Å². The van der Waals surface area contributed by atoms with E-state index in [2.05, 4.69) is 28.9 Å². The molecule has 0 unspecified atom stereocenters. The number of thiophene rings is 2. The largest absolute Gasteiger partial charge is 0.333 e. The lowest BCUT2D eigenvalue weighted by Gasteiger charge is -2.38. The van der Waals surface area contributed by atoms with Gasteiger partial charge in [-0.2, -0.15) is 4.98 Å². The molecule has 6 rings (SSSR count). The van der Waals surface area contributed by atoms with Crippen molar-refractivity contribution in [2.45, 2.75) is 51.7 Å². The lowest BCUT2D eigenvalue weighted by molar-refractivity contribution is -0.135. The van der Waals surface area contributed by atoms with Gasteiger partial charge in [0.05, 0.1) is 21.8 Å². The van der Waals surface area contributed by atoms with Crippen LogP contribution in [0.4, 0.5) is 8.78 Å². The first-order valence-corrected chi connectivity index (χ1v) is 17.1. The molecule has 4 heterocycles. The normalized spacial score (nSPS) is 14.3. The molecule has 11 heteroatoms. The predicted molar refractivity (Wildman–Crippen MR) is 178 cm³/mol. The van der Waals surface area contributed by atoms with Crippen LogP contribution in [0.3, 0.4) is 0 Å². The molecule has 45 heavy (non-hydrogen) atoms. The van der Waals surface area contributed by atoms with Crippen molar-refractivity contribution in [3.8, 4) is 9.75 Å². The Labute approximate surface area is 273 Å². The minimum Gasteiger partial charge on any atom is -0.333 e. The molecule has 234 valence electrons. The quantitative estimate of drug-likeness (QED) is 0.156. The summed E-state index contributed by atoms with van der Waals surface area (Å²) in [6.07, 6.45) is 2.03. The van der Waals surface area contributed by atoms with Crippen molar-refractivity contribution in [3.63, 3.8) is 0 Å². The molecule has 0 atom stereocenters. The standard InChI is InChI=1S/C34H33ClF2N4O2S2/c1-2-39-18-16-23(17-19-39)40(20-24-11-12-28(44-24)29-13-14-30(35)45-29)32(42)21-41-27-9-4-3-7-25(27)34(43)38-31(41)15-10-22-6-5-8-26(36)33(22)37/h3-9,11-14,23H,2,10,15-21H2,1H3. The molecule has 0 aliphatic carbocycles. The zero-order chi connectivity index (χ0) is 31.5. The van der Waals surface area contributed by atoms with Gasteiger partial charge >= 0.3 is 0 Å². The van der Waals surface area contributed by atoms with Gasteiger partial charge in [0, 0.05) is 40.2 Å². The smallest absolute Gasteiger partial charge is 0.280 e. The van der Waals surface area contributed by atoms with E-state index in [1.54, 1.807) is 34.1 Å². The Morgan fingerprint density at radius 3 is 2.49 bits per heavy atom. The minimum atomic E-state index is -0.921. The lowest BCUT2D eigenvalue weighted by Crippen LogP contribution is -2.48. The fourth-order valence-electron chi connectivity index (χ4n) is 6.03. The number of nitrogens with zero attached hydrogens (tertiary/aromatic N) is 4. The second-order valence-corrected chi connectivity index (χ2v) is 14.1. The number of hydrogen-bond acceptors (Lipinski definition) is 6. The number of amides is 1. The maximum absolute atomic E-state index is 14.5. The van der Waals surface area contributed by atoms with Crippen LogP contribution in [0, 0.1) is 11.6 Å². The predicted octanol–water partition coefficient (Wildman–Crippen LogP) is 7.42. The van der Waals surface area contributed by atoms with Gasteiger partial charge in [-0.15, -0.1) is 22.7 Å². The highest BCUT2D eigenvalue weighted by Gasteiger charge is 2.29. The second kappa shape index (κ2) is 13.9. The Bertz CT molecular complexity index is 1880. The Balaban J connectivity index is 1.32. The zero-order valence-corrected chi connectivity index (χ0v) is 27.2. The molecule has 1 aliphatic heterocycles. The summed E-state index contributed by atoms with van der Waals surface area (Å²) < 4.78 is 30.9. The van der Waals surface area contributed by atoms with Gasteiger partial charge in [0.25, 0.3) is 5.56 Å². The van der Waals surface area contributed by atoms with Crippen molar-refractivity contribution < 1.29 is 13.6 Å². The average Bonchev–Trinajstić information content (AvgIpc) is 3.71. The summed E-state index contributed by atoms with van der Waals surface area (Å²) >= 11 is 9.37. The van der Waals surface area contributed by atoms with Gasteiger partial charge in [-0.25, -0.2) is 8.78 Å². The Morgan fingerprint density at radius 2 is 1.73 bits per heavy atom. The number of piperidine rings is 1. The third-order valence-corrected chi connectivity index (χ3v) is 11.0. The van der Waals surface area contributed by atoms with E-state index in [1.165, 1.54) is 23.5 Å². The van der Waals surface area contributed by atoms with Gasteiger partial charge in [0.15, 0.2) is 11.6 Å². The number of hydrogen-bond donors (Lipinski definition) is 0. The fourth-order valence-corrected chi connectivity index (χ4v) is 8.17. The molecule has 0 bridgehead atoms. The second-order valence-electron chi connectivity index (χ2n) is 11.2. The van der Waals surface area contributed by atoms with Crippen LogP contribution < -0.4 is 5.56 Å². The maximum atomic E-state index is 14.5. The molecule has 1 aliphatic rings. The third kappa shape index (κ3) is 7.04. The molecule has 3 aromatic heterocycles. The molecule has 0 saturated carbocycles. The molecule has 0 spiro atoms. The summed E-state index contributed by atoms with van der Waals surface area (Å²) in [7, 11) is 0. The van der Waals surface area contributed by atoms with Crippen LogP contribution in [-0.2, 0) is 30.7 Å². The molecule has 6 nitrogen and oxygen atoms in total. The minimum absolute atomic E-state index is 0.0263. The van der Waals surface area contributed by atoms with E-state index in [1.807, 2.05) is 23.1 Å². The molecule has 1 amide bonds. The average molecular weight is 667 g/mol. The highest BCUT2D eigenvalue weighted by Crippen LogP contribution is 2.36. The van der Waals surface area contributed by atoms with Crippen LogP contribution >= 0.6 is 34.3 Å². The number of benzene rings is 2. The number of halogens is 3. The molecule has 1 saturated heterocycles. The van der Waals surface area contributed by atoms with Crippen molar-refractivity contribution in [3.05, 3.63) is 109 Å². The van der Waals surface area contributed by atoms with Gasteiger partial charge in [-0.3, -0.25) is 9.59 Å². The number of rotatable bonds is 10. The van der Waals surface area contributed by atoms with Gasteiger partial charge < -0.3 is 14.4 Å². The van der Waals surface area contributed by atoms with Crippen molar-refractivity contribution in [1.29, 1.82) is 0 Å². The third-order valence-electron chi connectivity index (χ3n) is 8.48. The van der Waals surface area contributed by atoms with Crippen LogP contribution in [0.15, 0.2) is 71.5 Å². The Hall–Kier alpha value is -3.44. The van der Waals surface area contributed by atoms with E-state index in [4.69, 9.17) is 11.6 Å². The van der Waals surface area contributed by atoms with E-state index >= 15 is 0 Å². The summed E-state index contributed by atoms with van der Waals surface area (Å²) in [5, 5.41) is 0.409. The first-order valence-electron chi connectivity index (χ1n) is 15.1. The molecule has 0 N–H and O–H groups in total.